The normalized spacial score (nSPS) is 24.3. The van der Waals surface area contributed by atoms with Crippen molar-refractivity contribution in [2.24, 2.45) is 5.92 Å². The van der Waals surface area contributed by atoms with E-state index in [4.69, 9.17) is 42.5 Å². The van der Waals surface area contributed by atoms with Crippen molar-refractivity contribution in [3.05, 3.63) is 0 Å². The lowest BCUT2D eigenvalue weighted by atomic mass is 10.0. The summed E-state index contributed by atoms with van der Waals surface area (Å²) in [5.74, 6) is 0.0382. The van der Waals surface area contributed by atoms with Crippen molar-refractivity contribution in [3.63, 3.8) is 0 Å². The Hall–Kier alpha value is 0.340. The van der Waals surface area contributed by atoms with Crippen LogP contribution in [0.4, 0.5) is 0 Å². The highest BCUT2D eigenvalue weighted by Crippen LogP contribution is 2.48. The van der Waals surface area contributed by atoms with Gasteiger partial charge in [0.1, 0.15) is 12.2 Å². The number of hydrogen-bond acceptors (Lipinski definition) is 6. The summed E-state index contributed by atoms with van der Waals surface area (Å²) in [5.41, 5.74) is 0. The Morgan fingerprint density at radius 1 is 0.882 bits per heavy atom. The third kappa shape index (κ3) is 13.6. The molecule has 0 radical (unpaired) electrons. The van der Waals surface area contributed by atoms with Crippen molar-refractivity contribution in [1.82, 2.24) is 5.32 Å². The standard InChI is InChI=1S/C25H50NO5PS2/c1-5-6-7-8-9-10-11-12-13-14-15-16-17-18-23(33)26-22-19-21(20-28-2)24(25(22)29-3)31-32(27,34)30-4/h21-22,24-25H,5-20H2,1-4H3,(H,26,33)(H,27,34)/t21-,22-,24?,25-,32?/m1/s1. The average Bonchev–Trinajstić information content (AvgIpc) is 3.11. The van der Waals surface area contributed by atoms with Crippen LogP contribution in [-0.2, 0) is 30.3 Å². The van der Waals surface area contributed by atoms with E-state index in [0.29, 0.717) is 6.61 Å². The molecular weight excluding hydrogens is 489 g/mol. The van der Waals surface area contributed by atoms with E-state index in [1.807, 2.05) is 0 Å². The molecule has 2 unspecified atom stereocenters. The molecule has 0 aromatic carbocycles. The molecule has 5 atom stereocenters. The Morgan fingerprint density at radius 2 is 1.41 bits per heavy atom. The van der Waals surface area contributed by atoms with Gasteiger partial charge in [-0.1, -0.05) is 96.2 Å². The van der Waals surface area contributed by atoms with Gasteiger partial charge in [-0.2, -0.15) is 0 Å². The molecule has 0 bridgehead atoms. The Balaban J connectivity index is 2.23. The van der Waals surface area contributed by atoms with Gasteiger partial charge >= 0.3 is 6.72 Å². The summed E-state index contributed by atoms with van der Waals surface area (Å²) in [5, 5.41) is 3.47. The topological polar surface area (TPSA) is 69.2 Å². The van der Waals surface area contributed by atoms with Crippen molar-refractivity contribution < 1.29 is 23.4 Å². The maximum Gasteiger partial charge on any atom is 0.324 e. The molecule has 0 heterocycles. The second kappa shape index (κ2) is 19.5. The van der Waals surface area contributed by atoms with Gasteiger partial charge < -0.3 is 28.7 Å². The summed E-state index contributed by atoms with van der Waals surface area (Å²) in [4.78, 5) is 11.0. The highest BCUT2D eigenvalue weighted by atomic mass is 32.5. The zero-order valence-electron chi connectivity index (χ0n) is 22.0. The van der Waals surface area contributed by atoms with Crippen LogP contribution in [0.3, 0.4) is 0 Å². The quantitative estimate of drug-likeness (QED) is 0.0951. The van der Waals surface area contributed by atoms with Gasteiger partial charge in [-0.3, -0.25) is 0 Å². The molecule has 0 aliphatic heterocycles. The Labute approximate surface area is 219 Å². The first-order valence-corrected chi connectivity index (χ1v) is 16.3. The van der Waals surface area contributed by atoms with Crippen molar-refractivity contribution in [2.45, 2.75) is 121 Å². The molecule has 0 saturated heterocycles. The van der Waals surface area contributed by atoms with Crippen LogP contribution in [0.5, 0.6) is 0 Å². The molecule has 202 valence electrons. The average molecular weight is 540 g/mol. The van der Waals surface area contributed by atoms with E-state index >= 15 is 0 Å². The number of thiocarbonyl (C=S) groups is 1. The zero-order chi connectivity index (χ0) is 25.2. The molecule has 0 aromatic heterocycles. The fraction of sp³-hybridized carbons (Fsp3) is 0.960. The molecular formula is C25H50NO5PS2. The van der Waals surface area contributed by atoms with Crippen LogP contribution in [0.2, 0.25) is 0 Å². The highest BCUT2D eigenvalue weighted by molar-refractivity contribution is 8.07. The third-order valence-corrected chi connectivity index (χ3v) is 8.73. The van der Waals surface area contributed by atoms with Crippen molar-refractivity contribution in [2.75, 3.05) is 27.9 Å². The number of ether oxygens (including phenoxy) is 2. The van der Waals surface area contributed by atoms with Gasteiger partial charge in [0.2, 0.25) is 0 Å². The second-order valence-electron chi connectivity index (χ2n) is 9.54. The minimum absolute atomic E-state index is 0.00326. The molecule has 1 fully saturated rings. The molecule has 1 saturated carbocycles. The fourth-order valence-corrected chi connectivity index (χ4v) is 6.11. The molecule has 1 aliphatic rings. The molecule has 1 aliphatic carbocycles. The van der Waals surface area contributed by atoms with Gasteiger partial charge in [0.15, 0.2) is 0 Å². The number of methoxy groups -OCH3 is 2. The summed E-state index contributed by atoms with van der Waals surface area (Å²) in [7, 11) is 4.67. The van der Waals surface area contributed by atoms with Crippen LogP contribution in [0.15, 0.2) is 0 Å². The fourth-order valence-electron chi connectivity index (χ4n) is 4.83. The smallest absolute Gasteiger partial charge is 0.324 e. The van der Waals surface area contributed by atoms with Gasteiger partial charge in [0.25, 0.3) is 0 Å². The second-order valence-corrected chi connectivity index (χ2v) is 12.9. The predicted molar refractivity (Wildman–Crippen MR) is 149 cm³/mol. The Morgan fingerprint density at radius 3 is 1.88 bits per heavy atom. The Bertz CT molecular complexity index is 584. The molecule has 6 nitrogen and oxygen atoms in total. The molecule has 34 heavy (non-hydrogen) atoms. The minimum atomic E-state index is -3.30. The molecule has 2 N–H and O–H groups in total. The van der Waals surface area contributed by atoms with Crippen LogP contribution < -0.4 is 5.32 Å². The van der Waals surface area contributed by atoms with E-state index < -0.39 is 12.8 Å². The van der Waals surface area contributed by atoms with Crippen LogP contribution in [0.1, 0.15) is 103 Å². The molecule has 0 spiro atoms. The number of nitrogens with one attached hydrogen (secondary N) is 1. The van der Waals surface area contributed by atoms with E-state index in [0.717, 1.165) is 24.3 Å². The first kappa shape index (κ1) is 32.4. The first-order chi connectivity index (χ1) is 16.4. The molecule has 9 heteroatoms. The van der Waals surface area contributed by atoms with Crippen molar-refractivity contribution >= 4 is 35.7 Å². The van der Waals surface area contributed by atoms with Gasteiger partial charge in [-0.05, 0) is 31.1 Å². The van der Waals surface area contributed by atoms with E-state index in [1.165, 1.54) is 84.2 Å². The minimum Gasteiger partial charge on any atom is -0.384 e. The van der Waals surface area contributed by atoms with E-state index in [9.17, 15) is 4.89 Å². The number of rotatable bonds is 21. The summed E-state index contributed by atoms with van der Waals surface area (Å²) in [6.07, 6.45) is 18.4. The van der Waals surface area contributed by atoms with E-state index in [1.54, 1.807) is 14.2 Å². The zero-order valence-corrected chi connectivity index (χ0v) is 24.5. The number of hydrogen-bond donors (Lipinski definition) is 2. The lowest BCUT2D eigenvalue weighted by molar-refractivity contribution is -0.0206. The van der Waals surface area contributed by atoms with Crippen LogP contribution >= 0.6 is 18.9 Å². The van der Waals surface area contributed by atoms with Crippen molar-refractivity contribution in [1.29, 1.82) is 0 Å². The lowest BCUT2D eigenvalue weighted by Gasteiger charge is -2.28. The monoisotopic (exact) mass is 539 g/mol. The van der Waals surface area contributed by atoms with Crippen LogP contribution in [0, 0.1) is 5.92 Å². The number of unbranched alkanes of at least 4 members (excludes halogenated alkanes) is 12. The Kier molecular flexibility index (Phi) is 18.5. The molecule has 1 rings (SSSR count). The maximum absolute atomic E-state index is 10.2. The highest BCUT2D eigenvalue weighted by Gasteiger charge is 2.46. The summed E-state index contributed by atoms with van der Waals surface area (Å²) in [6.45, 7) is -0.536. The largest absolute Gasteiger partial charge is 0.384 e. The van der Waals surface area contributed by atoms with Crippen LogP contribution in [-0.4, -0.2) is 56.1 Å². The first-order valence-electron chi connectivity index (χ1n) is 13.3. The van der Waals surface area contributed by atoms with Gasteiger partial charge in [0.05, 0.1) is 17.6 Å². The van der Waals surface area contributed by atoms with Gasteiger partial charge in [-0.15, -0.1) is 0 Å². The van der Waals surface area contributed by atoms with Gasteiger partial charge in [0, 0.05) is 27.2 Å². The molecule has 0 amide bonds. The van der Waals surface area contributed by atoms with E-state index in [-0.39, 0.29) is 18.1 Å². The SMILES string of the molecule is CCCCCCCCCCCCCCCC(=S)N[C@@H]1C[C@H](COC)C(OP(O)(=S)OC)[C@@H]1OC. The molecule has 0 aromatic rings. The maximum atomic E-state index is 10.2. The van der Waals surface area contributed by atoms with Crippen molar-refractivity contribution in [3.8, 4) is 0 Å². The summed E-state index contributed by atoms with van der Waals surface area (Å²) < 4.78 is 21.9. The summed E-state index contributed by atoms with van der Waals surface area (Å²) in [6, 6.07) is -0.00326. The van der Waals surface area contributed by atoms with Gasteiger partial charge in [-0.25, -0.2) is 0 Å². The summed E-state index contributed by atoms with van der Waals surface area (Å²) >= 11 is 10.7. The van der Waals surface area contributed by atoms with Crippen LogP contribution in [0.25, 0.3) is 0 Å². The lowest BCUT2D eigenvalue weighted by Crippen LogP contribution is -2.44. The van der Waals surface area contributed by atoms with E-state index in [2.05, 4.69) is 12.2 Å². The predicted octanol–water partition coefficient (Wildman–Crippen LogP) is 6.68. The third-order valence-electron chi connectivity index (χ3n) is 6.73.